The van der Waals surface area contributed by atoms with Gasteiger partial charge < -0.3 is 9.05 Å². The lowest BCUT2D eigenvalue weighted by Crippen LogP contribution is -2.14. The molecule has 3 aromatic carbocycles. The maximum Gasteiger partial charge on any atom is 0.361 e. The summed E-state index contributed by atoms with van der Waals surface area (Å²) in [4.78, 5) is 11.8. The van der Waals surface area contributed by atoms with Crippen LogP contribution in [-0.4, -0.2) is 19.5 Å². The molecule has 0 saturated carbocycles. The maximum atomic E-state index is 13.6. The van der Waals surface area contributed by atoms with Crippen LogP contribution in [0.1, 0.15) is 29.8 Å². The summed E-state index contributed by atoms with van der Waals surface area (Å²) < 4.78 is 24.8. The zero-order valence-electron chi connectivity index (χ0n) is 15.8. The van der Waals surface area contributed by atoms with E-state index in [0.717, 1.165) is 33.7 Å². The Morgan fingerprint density at radius 3 is 2.33 bits per heavy atom. The van der Waals surface area contributed by atoms with Crippen molar-refractivity contribution in [1.29, 1.82) is 0 Å². The monoisotopic (exact) mass is 382 g/mol. The molecule has 5 heteroatoms. The van der Waals surface area contributed by atoms with Crippen molar-refractivity contribution in [2.75, 3.05) is 13.2 Å². The van der Waals surface area contributed by atoms with Crippen molar-refractivity contribution in [2.45, 2.75) is 20.8 Å². The summed E-state index contributed by atoms with van der Waals surface area (Å²) in [6, 6.07) is 17.2. The topological polar surface area (TPSA) is 52.6 Å². The molecule has 3 aromatic rings. The van der Waals surface area contributed by atoms with Crippen LogP contribution in [0.2, 0.25) is 0 Å². The van der Waals surface area contributed by atoms with Gasteiger partial charge in [-0.25, -0.2) is 0 Å². The highest BCUT2D eigenvalue weighted by molar-refractivity contribution is 7.62. The molecule has 0 spiro atoms. The van der Waals surface area contributed by atoms with Gasteiger partial charge in [0.15, 0.2) is 6.29 Å². The summed E-state index contributed by atoms with van der Waals surface area (Å²) in [6.07, 6.45) is 0.834. The minimum Gasteiger partial charge on any atom is -0.305 e. The Hall–Kier alpha value is -2.26. The molecule has 0 unspecified atom stereocenters. The quantitative estimate of drug-likeness (QED) is 0.399. The first-order valence-electron chi connectivity index (χ1n) is 9.01. The van der Waals surface area contributed by atoms with Crippen molar-refractivity contribution in [3.63, 3.8) is 0 Å². The molecule has 0 fully saturated rings. The Balaban J connectivity index is 2.42. The van der Waals surface area contributed by atoms with Crippen LogP contribution in [0.25, 0.3) is 21.9 Å². The molecule has 0 saturated heterocycles. The van der Waals surface area contributed by atoms with Crippen LogP contribution in [-0.2, 0) is 13.6 Å². The fourth-order valence-corrected chi connectivity index (χ4v) is 5.10. The summed E-state index contributed by atoms with van der Waals surface area (Å²) >= 11 is 0. The van der Waals surface area contributed by atoms with Crippen LogP contribution < -0.4 is 5.30 Å². The number of hydrogen-bond acceptors (Lipinski definition) is 4. The third kappa shape index (κ3) is 3.74. The highest BCUT2D eigenvalue weighted by Crippen LogP contribution is 2.50. The number of aldehydes is 1. The molecular weight excluding hydrogens is 359 g/mol. The van der Waals surface area contributed by atoms with Crippen LogP contribution in [0.15, 0.2) is 54.6 Å². The smallest absolute Gasteiger partial charge is 0.305 e. The number of aryl methyl sites for hydroxylation is 1. The van der Waals surface area contributed by atoms with Crippen molar-refractivity contribution in [1.82, 2.24) is 0 Å². The van der Waals surface area contributed by atoms with Gasteiger partial charge in [-0.05, 0) is 49.2 Å². The zero-order valence-corrected chi connectivity index (χ0v) is 16.7. The first-order valence-corrected chi connectivity index (χ1v) is 10.6. The number of benzene rings is 3. The number of rotatable bonds is 7. The Labute approximate surface area is 159 Å². The predicted molar refractivity (Wildman–Crippen MR) is 110 cm³/mol. The molecule has 3 rings (SSSR count). The van der Waals surface area contributed by atoms with Gasteiger partial charge in [-0.1, -0.05) is 48.0 Å². The molecule has 0 bridgehead atoms. The highest BCUT2D eigenvalue weighted by Gasteiger charge is 2.31. The van der Waals surface area contributed by atoms with Gasteiger partial charge in [-0.2, -0.15) is 0 Å². The number of fused-ring (bicyclic) bond motifs is 1. The van der Waals surface area contributed by atoms with Gasteiger partial charge in [0.25, 0.3) is 0 Å². The first kappa shape index (κ1) is 19.5. The molecule has 0 radical (unpaired) electrons. The maximum absolute atomic E-state index is 13.6. The molecule has 0 aliphatic carbocycles. The summed E-state index contributed by atoms with van der Waals surface area (Å²) in [6.45, 7) is 6.03. The van der Waals surface area contributed by atoms with Gasteiger partial charge in [-0.3, -0.25) is 9.36 Å². The van der Waals surface area contributed by atoms with Gasteiger partial charge >= 0.3 is 7.60 Å². The fraction of sp³-hybridized carbons (Fsp3) is 0.227. The van der Waals surface area contributed by atoms with E-state index >= 15 is 0 Å². The summed E-state index contributed by atoms with van der Waals surface area (Å²) in [5.74, 6) is 0. The minimum absolute atomic E-state index is 0.262. The number of carbonyl (C=O) groups is 1. The molecule has 0 aliphatic heterocycles. The Morgan fingerprint density at radius 2 is 1.67 bits per heavy atom. The van der Waals surface area contributed by atoms with E-state index in [1.165, 1.54) is 0 Å². The molecule has 4 nitrogen and oxygen atoms in total. The van der Waals surface area contributed by atoms with E-state index in [1.807, 2.05) is 55.5 Å². The van der Waals surface area contributed by atoms with E-state index in [1.54, 1.807) is 19.9 Å². The van der Waals surface area contributed by atoms with Crippen molar-refractivity contribution in [3.8, 4) is 11.1 Å². The lowest BCUT2D eigenvalue weighted by Gasteiger charge is -2.22. The molecule has 140 valence electrons. The molecular formula is C22H23O4P. The summed E-state index contributed by atoms with van der Waals surface area (Å²) in [7, 11) is -3.54. The van der Waals surface area contributed by atoms with Crippen molar-refractivity contribution >= 4 is 30.0 Å². The fourth-order valence-electron chi connectivity index (χ4n) is 3.29. The average molecular weight is 382 g/mol. The van der Waals surface area contributed by atoms with E-state index < -0.39 is 7.60 Å². The first-order chi connectivity index (χ1) is 13.0. The molecule has 0 aromatic heterocycles. The Bertz CT molecular complexity index is 1020. The predicted octanol–water partition coefficient (Wildman–Crippen LogP) is 5.52. The second-order valence-corrected chi connectivity index (χ2v) is 8.22. The van der Waals surface area contributed by atoms with Crippen molar-refractivity contribution < 1.29 is 18.4 Å². The highest BCUT2D eigenvalue weighted by atomic mass is 31.2. The second kappa shape index (κ2) is 8.18. The normalized spacial score (nSPS) is 11.7. The molecule has 0 aliphatic rings. The van der Waals surface area contributed by atoms with Crippen molar-refractivity contribution in [2.24, 2.45) is 0 Å². The zero-order chi connectivity index (χ0) is 19.4. The van der Waals surface area contributed by atoms with E-state index in [2.05, 4.69) is 0 Å². The van der Waals surface area contributed by atoms with Gasteiger partial charge in [-0.15, -0.1) is 0 Å². The van der Waals surface area contributed by atoms with Crippen LogP contribution in [0.3, 0.4) is 0 Å². The van der Waals surface area contributed by atoms with Gasteiger partial charge in [0.1, 0.15) is 0 Å². The molecule has 0 atom stereocenters. The van der Waals surface area contributed by atoms with Crippen LogP contribution in [0.5, 0.6) is 0 Å². The SMILES string of the molecule is CCOP(=O)(OCC)c1ccc2ccccc2c1-c1ccc(C)cc1C=O. The van der Waals surface area contributed by atoms with E-state index in [0.29, 0.717) is 10.9 Å². The van der Waals surface area contributed by atoms with Gasteiger partial charge in [0.2, 0.25) is 0 Å². The standard InChI is InChI=1S/C22H23O4P/c1-4-25-27(24,26-5-2)21-13-11-17-8-6-7-9-19(17)22(21)20-12-10-16(3)14-18(20)15-23/h6-15H,4-5H2,1-3H3. The second-order valence-electron chi connectivity index (χ2n) is 6.22. The lowest BCUT2D eigenvalue weighted by molar-refractivity contribution is 0.112. The molecule has 0 amide bonds. The van der Waals surface area contributed by atoms with Gasteiger partial charge in [0, 0.05) is 11.1 Å². The van der Waals surface area contributed by atoms with E-state index in [9.17, 15) is 9.36 Å². The van der Waals surface area contributed by atoms with Crippen LogP contribution in [0.4, 0.5) is 0 Å². The third-order valence-corrected chi connectivity index (χ3v) is 6.56. The van der Waals surface area contributed by atoms with Gasteiger partial charge in [0.05, 0.1) is 18.5 Å². The average Bonchev–Trinajstić information content (AvgIpc) is 2.67. The number of hydrogen-bond donors (Lipinski definition) is 0. The lowest BCUT2D eigenvalue weighted by atomic mass is 9.94. The van der Waals surface area contributed by atoms with Crippen LogP contribution in [0, 0.1) is 6.92 Å². The molecule has 0 N–H and O–H groups in total. The van der Waals surface area contributed by atoms with Crippen molar-refractivity contribution in [3.05, 3.63) is 65.7 Å². The van der Waals surface area contributed by atoms with Crippen LogP contribution >= 0.6 is 7.60 Å². The van der Waals surface area contributed by atoms with E-state index in [4.69, 9.17) is 9.05 Å². The minimum atomic E-state index is -3.54. The summed E-state index contributed by atoms with van der Waals surface area (Å²) in [5, 5.41) is 2.38. The molecule has 0 heterocycles. The third-order valence-electron chi connectivity index (χ3n) is 4.40. The number of carbonyl (C=O) groups excluding carboxylic acids is 1. The largest absolute Gasteiger partial charge is 0.361 e. The van der Waals surface area contributed by atoms with E-state index in [-0.39, 0.29) is 13.2 Å². The molecule has 27 heavy (non-hydrogen) atoms. The summed E-state index contributed by atoms with van der Waals surface area (Å²) in [5.41, 5.74) is 2.98. The Morgan fingerprint density at radius 1 is 0.963 bits per heavy atom. The Kier molecular flexibility index (Phi) is 5.91.